The van der Waals surface area contributed by atoms with E-state index in [-0.39, 0.29) is 10.5 Å². The molecular formula is C8H5BrF6N2. The Labute approximate surface area is 99.9 Å². The first kappa shape index (κ1) is 14.2. The van der Waals surface area contributed by atoms with Crippen LogP contribution in [0.4, 0.5) is 26.3 Å². The quantitative estimate of drug-likeness (QED) is 0.804. The molecule has 1 aromatic heterocycles. The molecule has 0 saturated heterocycles. The van der Waals surface area contributed by atoms with Gasteiger partial charge in [-0.2, -0.15) is 26.3 Å². The Morgan fingerprint density at radius 3 is 2.12 bits per heavy atom. The number of pyridine rings is 1. The summed E-state index contributed by atoms with van der Waals surface area (Å²) >= 11 is 2.68. The van der Waals surface area contributed by atoms with E-state index >= 15 is 0 Å². The molecule has 1 aromatic rings. The van der Waals surface area contributed by atoms with E-state index in [0.717, 1.165) is 0 Å². The lowest BCUT2D eigenvalue weighted by Gasteiger charge is -2.18. The smallest absolute Gasteiger partial charge is 0.316 e. The minimum absolute atomic E-state index is 0.227. The van der Waals surface area contributed by atoms with Gasteiger partial charge in [0.05, 0.1) is 0 Å². The second kappa shape index (κ2) is 4.45. The summed E-state index contributed by atoms with van der Waals surface area (Å²) in [4.78, 5) is 2.98. The molecule has 0 bridgehead atoms. The van der Waals surface area contributed by atoms with Gasteiger partial charge in [-0.1, -0.05) is 0 Å². The average molecular weight is 323 g/mol. The van der Waals surface area contributed by atoms with E-state index < -0.39 is 29.7 Å². The van der Waals surface area contributed by atoms with E-state index in [1.807, 2.05) is 0 Å². The van der Waals surface area contributed by atoms with Crippen LogP contribution in [0.15, 0.2) is 16.7 Å². The molecule has 1 atom stereocenters. The third kappa shape index (κ3) is 3.32. The van der Waals surface area contributed by atoms with Crippen molar-refractivity contribution in [2.24, 2.45) is 5.73 Å². The minimum Gasteiger partial charge on any atom is -0.316 e. The molecule has 0 fully saturated rings. The van der Waals surface area contributed by atoms with Gasteiger partial charge in [-0.3, -0.25) is 4.98 Å². The molecule has 17 heavy (non-hydrogen) atoms. The van der Waals surface area contributed by atoms with Crippen LogP contribution in [0.25, 0.3) is 0 Å². The third-order valence-corrected chi connectivity index (χ3v) is 2.53. The monoisotopic (exact) mass is 322 g/mol. The van der Waals surface area contributed by atoms with Gasteiger partial charge < -0.3 is 5.73 Å². The van der Waals surface area contributed by atoms with Gasteiger partial charge in [0.1, 0.15) is 11.7 Å². The molecule has 9 heteroatoms. The molecule has 1 rings (SSSR count). The maximum Gasteiger partial charge on any atom is 0.433 e. The van der Waals surface area contributed by atoms with Crippen molar-refractivity contribution in [2.75, 3.05) is 0 Å². The maximum absolute atomic E-state index is 12.3. The van der Waals surface area contributed by atoms with Crippen LogP contribution in [0.2, 0.25) is 0 Å². The van der Waals surface area contributed by atoms with Crippen LogP contribution in [-0.2, 0) is 6.18 Å². The number of nitrogens with zero attached hydrogens (tertiary/aromatic N) is 1. The van der Waals surface area contributed by atoms with Gasteiger partial charge in [0.25, 0.3) is 0 Å². The Morgan fingerprint density at radius 2 is 1.71 bits per heavy atom. The summed E-state index contributed by atoms with van der Waals surface area (Å²) in [7, 11) is 0. The molecule has 0 aliphatic carbocycles. The van der Waals surface area contributed by atoms with Crippen molar-refractivity contribution in [3.8, 4) is 0 Å². The van der Waals surface area contributed by atoms with E-state index in [9.17, 15) is 26.3 Å². The lowest BCUT2D eigenvalue weighted by Crippen LogP contribution is -2.29. The van der Waals surface area contributed by atoms with Crippen LogP contribution in [0, 0.1) is 0 Å². The number of hydrogen-bond donors (Lipinski definition) is 1. The molecule has 2 N–H and O–H groups in total. The van der Waals surface area contributed by atoms with E-state index in [4.69, 9.17) is 5.73 Å². The van der Waals surface area contributed by atoms with Gasteiger partial charge >= 0.3 is 12.4 Å². The molecule has 96 valence electrons. The van der Waals surface area contributed by atoms with Crippen molar-refractivity contribution < 1.29 is 26.3 Å². The predicted octanol–water partition coefficient (Wildman–Crippen LogP) is 3.43. The molecule has 0 unspecified atom stereocenters. The molecular weight excluding hydrogens is 318 g/mol. The minimum atomic E-state index is -4.83. The first-order valence-electron chi connectivity index (χ1n) is 4.08. The van der Waals surface area contributed by atoms with Gasteiger partial charge in [-0.05, 0) is 27.6 Å². The van der Waals surface area contributed by atoms with Crippen LogP contribution in [0.1, 0.15) is 17.3 Å². The van der Waals surface area contributed by atoms with Gasteiger partial charge in [0.2, 0.25) is 0 Å². The number of rotatable bonds is 1. The molecule has 0 aromatic carbocycles. The molecule has 0 spiro atoms. The van der Waals surface area contributed by atoms with Crippen molar-refractivity contribution in [2.45, 2.75) is 18.4 Å². The summed E-state index contributed by atoms with van der Waals surface area (Å²) in [6.07, 6.45) is -9.00. The Morgan fingerprint density at radius 1 is 1.18 bits per heavy atom. The second-order valence-electron chi connectivity index (χ2n) is 3.11. The first-order valence-corrected chi connectivity index (χ1v) is 4.87. The maximum atomic E-state index is 12.3. The lowest BCUT2D eigenvalue weighted by molar-refractivity contribution is -0.151. The SMILES string of the molecule is N[C@H](c1cc(C(F)(F)F)ncc1Br)C(F)(F)F. The third-order valence-electron chi connectivity index (χ3n) is 1.86. The fraction of sp³-hybridized carbons (Fsp3) is 0.375. The topological polar surface area (TPSA) is 38.9 Å². The van der Waals surface area contributed by atoms with Crippen LogP contribution in [0.5, 0.6) is 0 Å². The predicted molar refractivity (Wildman–Crippen MR) is 49.9 cm³/mol. The summed E-state index contributed by atoms with van der Waals surface area (Å²) in [6, 6.07) is -2.22. The fourth-order valence-electron chi connectivity index (χ4n) is 1.02. The zero-order valence-corrected chi connectivity index (χ0v) is 9.49. The zero-order chi connectivity index (χ0) is 13.4. The van der Waals surface area contributed by atoms with Crippen molar-refractivity contribution in [1.29, 1.82) is 0 Å². The van der Waals surface area contributed by atoms with Crippen molar-refractivity contribution in [3.05, 3.63) is 28.0 Å². The molecule has 0 aliphatic heterocycles. The molecule has 0 aliphatic rings. The van der Waals surface area contributed by atoms with Crippen molar-refractivity contribution in [3.63, 3.8) is 0 Å². The summed E-state index contributed by atoms with van der Waals surface area (Å²) in [5.41, 5.74) is 2.71. The molecule has 0 saturated carbocycles. The Bertz CT molecular complexity index is 413. The van der Waals surface area contributed by atoms with Crippen molar-refractivity contribution in [1.82, 2.24) is 4.98 Å². The summed E-state index contributed by atoms with van der Waals surface area (Å²) in [5.74, 6) is 0. The normalized spacial score (nSPS) is 14.8. The van der Waals surface area contributed by atoms with E-state index in [1.54, 1.807) is 0 Å². The van der Waals surface area contributed by atoms with Crippen LogP contribution >= 0.6 is 15.9 Å². The van der Waals surface area contributed by atoms with E-state index in [0.29, 0.717) is 6.20 Å². The van der Waals surface area contributed by atoms with Gasteiger partial charge in [-0.25, -0.2) is 0 Å². The van der Waals surface area contributed by atoms with Gasteiger partial charge in [-0.15, -0.1) is 0 Å². The summed E-state index contributed by atoms with van der Waals surface area (Å²) < 4.78 is 73.4. The van der Waals surface area contributed by atoms with Crippen molar-refractivity contribution >= 4 is 15.9 Å². The fourth-order valence-corrected chi connectivity index (χ4v) is 1.49. The largest absolute Gasteiger partial charge is 0.433 e. The van der Waals surface area contributed by atoms with Gasteiger partial charge in [0.15, 0.2) is 0 Å². The number of aromatic nitrogens is 1. The first-order chi connectivity index (χ1) is 7.53. The Hall–Kier alpha value is -0.830. The standard InChI is InChI=1S/C8H5BrF6N2/c9-4-2-17-5(7(10,11)12)1-3(4)6(16)8(13,14)15/h1-2,6H,16H2/t6-/m1/s1. The van der Waals surface area contributed by atoms with E-state index in [2.05, 4.69) is 20.9 Å². The van der Waals surface area contributed by atoms with Crippen LogP contribution in [0.3, 0.4) is 0 Å². The number of alkyl halides is 6. The molecule has 1 heterocycles. The zero-order valence-electron chi connectivity index (χ0n) is 7.90. The molecule has 2 nitrogen and oxygen atoms in total. The number of halogens is 7. The highest BCUT2D eigenvalue weighted by Gasteiger charge is 2.41. The van der Waals surface area contributed by atoms with Gasteiger partial charge in [0, 0.05) is 10.7 Å². The molecule has 0 amide bonds. The number of hydrogen-bond acceptors (Lipinski definition) is 2. The summed E-state index contributed by atoms with van der Waals surface area (Å²) in [6.45, 7) is 0. The Balaban J connectivity index is 3.25. The average Bonchev–Trinajstić information content (AvgIpc) is 2.14. The Kier molecular flexibility index (Phi) is 3.72. The number of nitrogens with two attached hydrogens (primary N) is 1. The highest BCUT2D eigenvalue weighted by molar-refractivity contribution is 9.10. The summed E-state index contributed by atoms with van der Waals surface area (Å²) in [5, 5.41) is 0. The highest BCUT2D eigenvalue weighted by Crippen LogP contribution is 2.37. The highest BCUT2D eigenvalue weighted by atomic mass is 79.9. The van der Waals surface area contributed by atoms with E-state index in [1.165, 1.54) is 0 Å². The molecule has 0 radical (unpaired) electrons. The van der Waals surface area contributed by atoms with Crippen LogP contribution < -0.4 is 5.73 Å². The second-order valence-corrected chi connectivity index (χ2v) is 3.96. The van der Waals surface area contributed by atoms with Crippen LogP contribution in [-0.4, -0.2) is 11.2 Å². The lowest BCUT2D eigenvalue weighted by atomic mass is 10.1.